The van der Waals surface area contributed by atoms with E-state index in [1.165, 1.54) is 13.3 Å². The number of nitrogens with zero attached hydrogens (tertiary/aromatic N) is 2. The molecule has 0 bridgehead atoms. The van der Waals surface area contributed by atoms with E-state index < -0.39 is 11.8 Å². The van der Waals surface area contributed by atoms with Gasteiger partial charge in [0.05, 0.1) is 20.4 Å². The number of hydrazone groups is 1. The molecule has 0 fully saturated rings. The van der Waals surface area contributed by atoms with E-state index in [1.807, 2.05) is 49.3 Å². The maximum atomic E-state index is 13.0. The second kappa shape index (κ2) is 12.0. The lowest BCUT2D eigenvalue weighted by molar-refractivity contribution is -0.117. The topological polar surface area (TPSA) is 92.3 Å². The third kappa shape index (κ3) is 6.94. The number of benzene rings is 3. The Morgan fingerprint density at radius 2 is 1.63 bits per heavy atom. The number of anilines is 1. The molecule has 8 heteroatoms. The van der Waals surface area contributed by atoms with Crippen LogP contribution >= 0.6 is 0 Å². The first-order valence-corrected chi connectivity index (χ1v) is 10.8. The minimum atomic E-state index is -0.574. The molecule has 0 heterocycles. The van der Waals surface area contributed by atoms with Crippen molar-refractivity contribution in [2.75, 3.05) is 33.2 Å². The maximum Gasteiger partial charge on any atom is 0.287 e. The van der Waals surface area contributed by atoms with Crippen molar-refractivity contribution >= 4 is 29.8 Å². The smallest absolute Gasteiger partial charge is 0.287 e. The summed E-state index contributed by atoms with van der Waals surface area (Å²) in [5.74, 6) is 0.195. The van der Waals surface area contributed by atoms with Crippen LogP contribution in [0.25, 0.3) is 6.08 Å². The monoisotopic (exact) mass is 472 g/mol. The molecule has 0 spiro atoms. The number of ether oxygens (including phenoxy) is 2. The van der Waals surface area contributed by atoms with Gasteiger partial charge in [0.25, 0.3) is 11.8 Å². The summed E-state index contributed by atoms with van der Waals surface area (Å²) in [7, 11) is 6.99. The van der Waals surface area contributed by atoms with E-state index in [4.69, 9.17) is 9.47 Å². The van der Waals surface area contributed by atoms with Crippen molar-refractivity contribution in [1.82, 2.24) is 10.7 Å². The van der Waals surface area contributed by atoms with Crippen molar-refractivity contribution in [3.8, 4) is 11.5 Å². The average Bonchev–Trinajstić information content (AvgIpc) is 2.89. The van der Waals surface area contributed by atoms with Crippen LogP contribution in [-0.4, -0.2) is 46.3 Å². The zero-order valence-corrected chi connectivity index (χ0v) is 20.1. The summed E-state index contributed by atoms with van der Waals surface area (Å²) in [6.45, 7) is 0. The van der Waals surface area contributed by atoms with Crippen molar-refractivity contribution in [2.24, 2.45) is 5.10 Å². The fourth-order valence-corrected chi connectivity index (χ4v) is 3.12. The van der Waals surface area contributed by atoms with Crippen LogP contribution in [0.3, 0.4) is 0 Å². The lowest BCUT2D eigenvalue weighted by atomic mass is 10.1. The highest BCUT2D eigenvalue weighted by molar-refractivity contribution is 6.05. The summed E-state index contributed by atoms with van der Waals surface area (Å²) in [6.07, 6.45) is 3.05. The number of carbonyl (C=O) groups is 2. The molecule has 0 saturated carbocycles. The molecule has 0 radical (unpaired) electrons. The summed E-state index contributed by atoms with van der Waals surface area (Å²) in [5.41, 5.74) is 5.36. The SMILES string of the molecule is COc1ccc(C=NNC(=O)C(=Cc2ccc(N(C)C)cc2)NC(=O)c2ccccc2)c(OC)c1. The minimum Gasteiger partial charge on any atom is -0.497 e. The Morgan fingerprint density at radius 3 is 2.26 bits per heavy atom. The predicted octanol–water partition coefficient (Wildman–Crippen LogP) is 3.69. The number of methoxy groups -OCH3 is 2. The van der Waals surface area contributed by atoms with E-state index in [2.05, 4.69) is 15.8 Å². The van der Waals surface area contributed by atoms with Gasteiger partial charge in [-0.05, 0) is 48.0 Å². The van der Waals surface area contributed by atoms with Crippen LogP contribution in [-0.2, 0) is 4.79 Å². The fourth-order valence-electron chi connectivity index (χ4n) is 3.12. The molecule has 0 unspecified atom stereocenters. The molecule has 0 aromatic heterocycles. The Bertz CT molecular complexity index is 1220. The number of carbonyl (C=O) groups excluding carboxylic acids is 2. The van der Waals surface area contributed by atoms with Crippen molar-refractivity contribution in [1.29, 1.82) is 0 Å². The van der Waals surface area contributed by atoms with Gasteiger partial charge in [-0.3, -0.25) is 9.59 Å². The average molecular weight is 473 g/mol. The minimum absolute atomic E-state index is 0.0512. The van der Waals surface area contributed by atoms with Gasteiger partial charge < -0.3 is 19.7 Å². The second-order valence-electron chi connectivity index (χ2n) is 7.67. The van der Waals surface area contributed by atoms with Crippen molar-refractivity contribution in [3.63, 3.8) is 0 Å². The van der Waals surface area contributed by atoms with E-state index in [0.29, 0.717) is 22.6 Å². The first kappa shape index (κ1) is 25.0. The predicted molar refractivity (Wildman–Crippen MR) is 138 cm³/mol. The van der Waals surface area contributed by atoms with Crippen molar-refractivity contribution < 1.29 is 19.1 Å². The summed E-state index contributed by atoms with van der Waals surface area (Å²) in [6, 6.07) is 21.5. The van der Waals surface area contributed by atoms with Crippen LogP contribution in [0.4, 0.5) is 5.69 Å². The maximum absolute atomic E-state index is 13.0. The standard InChI is InChI=1S/C27H28N4O4/c1-31(2)22-13-10-19(11-14-22)16-24(29-26(32)20-8-6-5-7-9-20)27(33)30-28-18-21-12-15-23(34-3)17-25(21)35-4/h5-18H,1-4H3,(H,29,32)(H,30,33). The van der Waals surface area contributed by atoms with E-state index in [9.17, 15) is 9.59 Å². The Hall–Kier alpha value is -4.59. The van der Waals surface area contributed by atoms with Crippen molar-refractivity contribution in [2.45, 2.75) is 0 Å². The molecular formula is C27H28N4O4. The highest BCUT2D eigenvalue weighted by Crippen LogP contribution is 2.23. The van der Waals surface area contributed by atoms with E-state index in [-0.39, 0.29) is 5.70 Å². The van der Waals surface area contributed by atoms with Gasteiger partial charge >= 0.3 is 0 Å². The Balaban J connectivity index is 1.83. The fraction of sp³-hybridized carbons (Fsp3) is 0.148. The van der Waals surface area contributed by atoms with Gasteiger partial charge in [0.15, 0.2) is 0 Å². The van der Waals surface area contributed by atoms with Crippen LogP contribution in [0.15, 0.2) is 83.6 Å². The first-order valence-electron chi connectivity index (χ1n) is 10.8. The number of nitrogens with one attached hydrogen (secondary N) is 2. The van der Waals surface area contributed by atoms with Gasteiger partial charge in [-0.1, -0.05) is 30.3 Å². The number of rotatable bonds is 9. The van der Waals surface area contributed by atoms with Gasteiger partial charge in [-0.15, -0.1) is 0 Å². The Morgan fingerprint density at radius 1 is 0.914 bits per heavy atom. The second-order valence-corrected chi connectivity index (χ2v) is 7.67. The molecule has 0 aliphatic carbocycles. The molecule has 3 aromatic rings. The van der Waals surface area contributed by atoms with Gasteiger partial charge in [0.2, 0.25) is 0 Å². The van der Waals surface area contributed by atoms with E-state index in [1.54, 1.807) is 55.7 Å². The number of hydrogen-bond donors (Lipinski definition) is 2. The molecule has 3 rings (SSSR count). The van der Waals surface area contributed by atoms with Crippen LogP contribution in [0.5, 0.6) is 11.5 Å². The zero-order valence-electron chi connectivity index (χ0n) is 20.1. The first-order chi connectivity index (χ1) is 16.9. The van der Waals surface area contributed by atoms with E-state index >= 15 is 0 Å². The summed E-state index contributed by atoms with van der Waals surface area (Å²) >= 11 is 0. The molecule has 3 aromatic carbocycles. The molecule has 2 N–H and O–H groups in total. The largest absolute Gasteiger partial charge is 0.497 e. The van der Waals surface area contributed by atoms with E-state index in [0.717, 1.165) is 11.3 Å². The van der Waals surface area contributed by atoms with Crippen LogP contribution < -0.4 is 25.1 Å². The molecule has 35 heavy (non-hydrogen) atoms. The number of amides is 2. The lowest BCUT2D eigenvalue weighted by Gasteiger charge is -2.13. The van der Waals surface area contributed by atoms with Gasteiger partial charge in [0, 0.05) is 37.0 Å². The molecule has 2 amide bonds. The third-order valence-electron chi connectivity index (χ3n) is 5.06. The van der Waals surface area contributed by atoms with Gasteiger partial charge in [-0.2, -0.15) is 5.10 Å². The Kier molecular flexibility index (Phi) is 8.61. The van der Waals surface area contributed by atoms with Gasteiger partial charge in [-0.25, -0.2) is 5.43 Å². The summed E-state index contributed by atoms with van der Waals surface area (Å²) in [5, 5.41) is 6.73. The normalized spacial score (nSPS) is 11.1. The van der Waals surface area contributed by atoms with Gasteiger partial charge in [0.1, 0.15) is 17.2 Å². The third-order valence-corrected chi connectivity index (χ3v) is 5.06. The quantitative estimate of drug-likeness (QED) is 0.282. The molecule has 0 aliphatic rings. The molecule has 0 atom stereocenters. The van der Waals surface area contributed by atoms with Crippen LogP contribution in [0, 0.1) is 0 Å². The molecular weight excluding hydrogens is 444 g/mol. The number of hydrogen-bond acceptors (Lipinski definition) is 6. The highest BCUT2D eigenvalue weighted by Gasteiger charge is 2.14. The van der Waals surface area contributed by atoms with Crippen LogP contribution in [0.1, 0.15) is 21.5 Å². The highest BCUT2D eigenvalue weighted by atomic mass is 16.5. The summed E-state index contributed by atoms with van der Waals surface area (Å²) in [4.78, 5) is 27.7. The molecule has 180 valence electrons. The van der Waals surface area contributed by atoms with Crippen molar-refractivity contribution in [3.05, 3.63) is 95.2 Å². The Labute approximate surface area is 204 Å². The molecule has 0 saturated heterocycles. The van der Waals surface area contributed by atoms with Crippen LogP contribution in [0.2, 0.25) is 0 Å². The lowest BCUT2D eigenvalue weighted by Crippen LogP contribution is -2.32. The summed E-state index contributed by atoms with van der Waals surface area (Å²) < 4.78 is 10.5. The molecule has 8 nitrogen and oxygen atoms in total. The zero-order chi connectivity index (χ0) is 25.2. The molecule has 0 aliphatic heterocycles.